The Morgan fingerprint density at radius 1 is 1.05 bits per heavy atom. The number of benzene rings is 3. The van der Waals surface area contributed by atoms with Crippen molar-refractivity contribution in [3.63, 3.8) is 0 Å². The highest BCUT2D eigenvalue weighted by Gasteiger charge is 2.21. The van der Waals surface area contributed by atoms with E-state index in [0.717, 1.165) is 17.0 Å². The van der Waals surface area contributed by atoms with Gasteiger partial charge in [-0.25, -0.2) is 4.68 Å². The van der Waals surface area contributed by atoms with Gasteiger partial charge in [-0.05, 0) is 44.4 Å². The number of para-hydroxylation sites is 2. The maximum atomic E-state index is 13.1. The molecule has 0 saturated carbocycles. The Morgan fingerprint density at radius 3 is 2.38 bits per heavy atom. The summed E-state index contributed by atoms with van der Waals surface area (Å²) in [5.74, 6) is 0.609. The van der Waals surface area contributed by atoms with Gasteiger partial charge in [0, 0.05) is 41.6 Å². The molecule has 0 bridgehead atoms. The molecule has 1 aromatic heterocycles. The zero-order valence-electron chi connectivity index (χ0n) is 21.0. The molecule has 0 saturated heterocycles. The lowest BCUT2D eigenvalue weighted by Gasteiger charge is -2.26. The molecule has 9 heteroatoms. The van der Waals surface area contributed by atoms with Crippen LogP contribution in [0.1, 0.15) is 17.2 Å². The predicted octanol–water partition coefficient (Wildman–Crippen LogP) is 4.42. The molecule has 1 N–H and O–H groups in total. The number of carbonyl (C=O) groups is 1. The third-order valence-electron chi connectivity index (χ3n) is 6.13. The van der Waals surface area contributed by atoms with Crippen LogP contribution in [0.15, 0.2) is 85.1 Å². The third kappa shape index (κ3) is 6.02. The first-order chi connectivity index (χ1) is 17.9. The summed E-state index contributed by atoms with van der Waals surface area (Å²) in [4.78, 5) is 25.8. The van der Waals surface area contributed by atoms with E-state index in [0.29, 0.717) is 23.4 Å². The van der Waals surface area contributed by atoms with E-state index in [1.165, 1.54) is 12.1 Å². The summed E-state index contributed by atoms with van der Waals surface area (Å²) in [6.07, 6.45) is 1.93. The fourth-order valence-electron chi connectivity index (χ4n) is 4.19. The minimum Gasteiger partial charge on any atom is -0.496 e. The number of nitro groups is 1. The van der Waals surface area contributed by atoms with E-state index < -0.39 is 4.92 Å². The Kier molecular flexibility index (Phi) is 7.95. The maximum Gasteiger partial charge on any atom is 0.269 e. The second-order valence-corrected chi connectivity index (χ2v) is 8.79. The second kappa shape index (κ2) is 11.5. The number of ether oxygens (including phenoxy) is 1. The fourth-order valence-corrected chi connectivity index (χ4v) is 4.19. The highest BCUT2D eigenvalue weighted by Crippen LogP contribution is 2.28. The molecular weight excluding hydrogens is 470 g/mol. The van der Waals surface area contributed by atoms with Crippen molar-refractivity contribution in [1.29, 1.82) is 0 Å². The monoisotopic (exact) mass is 499 g/mol. The van der Waals surface area contributed by atoms with Gasteiger partial charge < -0.3 is 15.0 Å². The standard InChI is InChI=1S/C28H29N5O4/c1-31(2)25(24-11-7-8-12-26(24)37-3)18-29-27(34)17-21-19-32(22-9-5-4-6-10-22)30-28(21)20-13-15-23(16-14-20)33(35)36/h4-16,19,25H,17-18H2,1-3H3,(H,29,34). The number of nitrogens with one attached hydrogen (secondary N) is 1. The summed E-state index contributed by atoms with van der Waals surface area (Å²) in [7, 11) is 5.55. The molecule has 0 aliphatic heterocycles. The highest BCUT2D eigenvalue weighted by molar-refractivity contribution is 5.81. The summed E-state index contributed by atoms with van der Waals surface area (Å²) in [5, 5.41) is 18.9. The molecule has 1 amide bonds. The zero-order valence-corrected chi connectivity index (χ0v) is 21.0. The lowest BCUT2D eigenvalue weighted by atomic mass is 10.0. The summed E-state index contributed by atoms with van der Waals surface area (Å²) >= 11 is 0. The Bertz CT molecular complexity index is 1370. The predicted molar refractivity (Wildman–Crippen MR) is 142 cm³/mol. The molecule has 0 radical (unpaired) electrons. The number of nitro benzene ring substituents is 1. The van der Waals surface area contributed by atoms with Crippen LogP contribution < -0.4 is 10.1 Å². The lowest BCUT2D eigenvalue weighted by Crippen LogP contribution is -2.35. The molecule has 190 valence electrons. The number of hydrogen-bond acceptors (Lipinski definition) is 6. The van der Waals surface area contributed by atoms with Gasteiger partial charge in [0.05, 0.1) is 35.9 Å². The van der Waals surface area contributed by atoms with Gasteiger partial charge >= 0.3 is 0 Å². The summed E-state index contributed by atoms with van der Waals surface area (Å²) in [6.45, 7) is 0.395. The van der Waals surface area contributed by atoms with Crippen LogP contribution in [0.3, 0.4) is 0 Å². The number of amides is 1. The Balaban J connectivity index is 1.58. The summed E-state index contributed by atoms with van der Waals surface area (Å²) in [5.41, 5.74) is 3.84. The van der Waals surface area contributed by atoms with E-state index in [1.807, 2.05) is 79.8 Å². The number of hydrogen-bond donors (Lipinski definition) is 1. The van der Waals surface area contributed by atoms with Crippen molar-refractivity contribution in [3.8, 4) is 22.7 Å². The van der Waals surface area contributed by atoms with Crippen LogP contribution >= 0.6 is 0 Å². The first kappa shape index (κ1) is 25.6. The number of non-ortho nitro benzene ring substituents is 1. The minimum atomic E-state index is -0.441. The van der Waals surface area contributed by atoms with Crippen molar-refractivity contribution in [2.75, 3.05) is 27.7 Å². The minimum absolute atomic E-state index is 0.00315. The topological polar surface area (TPSA) is 103 Å². The van der Waals surface area contributed by atoms with E-state index in [1.54, 1.807) is 23.9 Å². The van der Waals surface area contributed by atoms with Crippen molar-refractivity contribution in [2.45, 2.75) is 12.5 Å². The largest absolute Gasteiger partial charge is 0.496 e. The average molecular weight is 500 g/mol. The number of likely N-dealkylation sites (N-methyl/N-ethyl adjacent to an activating group) is 1. The number of nitrogens with zero attached hydrogens (tertiary/aromatic N) is 4. The van der Waals surface area contributed by atoms with Crippen LogP contribution in [-0.4, -0.2) is 53.3 Å². The molecule has 1 heterocycles. The van der Waals surface area contributed by atoms with Gasteiger partial charge in [-0.2, -0.15) is 5.10 Å². The molecule has 4 aromatic rings. The normalized spacial score (nSPS) is 11.8. The molecule has 37 heavy (non-hydrogen) atoms. The van der Waals surface area contributed by atoms with E-state index in [2.05, 4.69) is 5.32 Å². The quantitative estimate of drug-likeness (QED) is 0.256. The van der Waals surface area contributed by atoms with Gasteiger partial charge in [0.15, 0.2) is 0 Å². The first-order valence-electron chi connectivity index (χ1n) is 11.8. The number of aromatic nitrogens is 2. The molecular formula is C28H29N5O4. The second-order valence-electron chi connectivity index (χ2n) is 8.79. The highest BCUT2D eigenvalue weighted by atomic mass is 16.6. The Morgan fingerprint density at radius 2 is 1.73 bits per heavy atom. The molecule has 0 spiro atoms. The fraction of sp³-hybridized carbons (Fsp3) is 0.214. The van der Waals surface area contributed by atoms with Crippen molar-refractivity contribution >= 4 is 11.6 Å². The van der Waals surface area contributed by atoms with Gasteiger partial charge in [0.2, 0.25) is 5.91 Å². The SMILES string of the molecule is COc1ccccc1C(CNC(=O)Cc1cn(-c2ccccc2)nc1-c1ccc([N+](=O)[O-])cc1)N(C)C. The summed E-state index contributed by atoms with van der Waals surface area (Å²) < 4.78 is 7.24. The molecule has 9 nitrogen and oxygen atoms in total. The van der Waals surface area contributed by atoms with Crippen LogP contribution in [0.4, 0.5) is 5.69 Å². The number of carbonyl (C=O) groups excluding carboxylic acids is 1. The van der Waals surface area contributed by atoms with E-state index in [-0.39, 0.29) is 24.1 Å². The number of methoxy groups -OCH3 is 1. The van der Waals surface area contributed by atoms with Gasteiger partial charge in [-0.1, -0.05) is 36.4 Å². The molecule has 0 aliphatic rings. The smallest absolute Gasteiger partial charge is 0.269 e. The van der Waals surface area contributed by atoms with Crippen LogP contribution in [0.2, 0.25) is 0 Å². The average Bonchev–Trinajstić information content (AvgIpc) is 3.33. The van der Waals surface area contributed by atoms with Crippen molar-refractivity contribution < 1.29 is 14.5 Å². The van der Waals surface area contributed by atoms with Crippen LogP contribution in [-0.2, 0) is 11.2 Å². The van der Waals surface area contributed by atoms with Crippen molar-refractivity contribution in [3.05, 3.63) is 106 Å². The Hall–Kier alpha value is -4.50. The van der Waals surface area contributed by atoms with Crippen molar-refractivity contribution in [2.24, 2.45) is 0 Å². The van der Waals surface area contributed by atoms with E-state index in [4.69, 9.17) is 9.84 Å². The molecule has 4 rings (SSSR count). The van der Waals surface area contributed by atoms with Gasteiger partial charge in [-0.15, -0.1) is 0 Å². The van der Waals surface area contributed by atoms with E-state index in [9.17, 15) is 14.9 Å². The van der Waals surface area contributed by atoms with Crippen LogP contribution in [0.25, 0.3) is 16.9 Å². The molecule has 0 aliphatic carbocycles. The molecule has 1 unspecified atom stereocenters. The van der Waals surface area contributed by atoms with Gasteiger partial charge in [0.1, 0.15) is 5.75 Å². The molecule has 0 fully saturated rings. The summed E-state index contributed by atoms with van der Waals surface area (Å²) in [6, 6.07) is 23.5. The molecule has 3 aromatic carbocycles. The zero-order chi connectivity index (χ0) is 26.4. The van der Waals surface area contributed by atoms with Gasteiger partial charge in [-0.3, -0.25) is 14.9 Å². The first-order valence-corrected chi connectivity index (χ1v) is 11.8. The van der Waals surface area contributed by atoms with Crippen molar-refractivity contribution in [1.82, 2.24) is 20.0 Å². The Labute approximate surface area is 215 Å². The van der Waals surface area contributed by atoms with Gasteiger partial charge in [0.25, 0.3) is 5.69 Å². The third-order valence-corrected chi connectivity index (χ3v) is 6.13. The van der Waals surface area contributed by atoms with Crippen LogP contribution in [0, 0.1) is 10.1 Å². The maximum absolute atomic E-state index is 13.1. The molecule has 1 atom stereocenters. The van der Waals surface area contributed by atoms with E-state index >= 15 is 0 Å². The lowest BCUT2D eigenvalue weighted by molar-refractivity contribution is -0.384. The number of rotatable bonds is 10. The van der Waals surface area contributed by atoms with Crippen LogP contribution in [0.5, 0.6) is 5.75 Å².